The molecule has 0 atom stereocenters. The SMILES string of the molecule is CCCNCc1nc(C(C)C)ncc1N1CCCOCC1. The summed E-state index contributed by atoms with van der Waals surface area (Å²) < 4.78 is 5.55. The van der Waals surface area contributed by atoms with Crippen molar-refractivity contribution in [2.45, 2.75) is 46.1 Å². The van der Waals surface area contributed by atoms with Crippen LogP contribution in [0.2, 0.25) is 0 Å². The minimum absolute atomic E-state index is 0.358. The lowest BCUT2D eigenvalue weighted by Crippen LogP contribution is -2.29. The standard InChI is InChI=1S/C16H28N4O/c1-4-6-17-11-14-15(12-18-16(19-14)13(2)3)20-7-5-9-21-10-8-20/h12-13,17H,4-11H2,1-3H3. The number of hydrogen-bond donors (Lipinski definition) is 1. The lowest BCUT2D eigenvalue weighted by Gasteiger charge is -2.24. The van der Waals surface area contributed by atoms with Crippen LogP contribution in [0.25, 0.3) is 0 Å². The van der Waals surface area contributed by atoms with Crippen LogP contribution in [0.3, 0.4) is 0 Å². The highest BCUT2D eigenvalue weighted by Gasteiger charge is 2.16. The zero-order valence-electron chi connectivity index (χ0n) is 13.6. The fraction of sp³-hybridized carbons (Fsp3) is 0.750. The second-order valence-corrected chi connectivity index (χ2v) is 5.84. The maximum atomic E-state index is 5.55. The molecule has 1 N–H and O–H groups in total. The summed E-state index contributed by atoms with van der Waals surface area (Å²) in [7, 11) is 0. The Labute approximate surface area is 128 Å². The molecular weight excluding hydrogens is 264 g/mol. The van der Waals surface area contributed by atoms with Crippen LogP contribution in [-0.4, -0.2) is 42.8 Å². The van der Waals surface area contributed by atoms with E-state index in [1.165, 1.54) is 0 Å². The summed E-state index contributed by atoms with van der Waals surface area (Å²) in [5.74, 6) is 1.29. The number of hydrogen-bond acceptors (Lipinski definition) is 5. The third-order valence-corrected chi connectivity index (χ3v) is 3.66. The first-order valence-corrected chi connectivity index (χ1v) is 8.11. The van der Waals surface area contributed by atoms with Crippen LogP contribution in [-0.2, 0) is 11.3 Å². The predicted octanol–water partition coefficient (Wildman–Crippen LogP) is 2.33. The average molecular weight is 292 g/mol. The van der Waals surface area contributed by atoms with Crippen LogP contribution in [0.4, 0.5) is 5.69 Å². The van der Waals surface area contributed by atoms with E-state index in [1.54, 1.807) is 0 Å². The molecule has 0 spiro atoms. The Morgan fingerprint density at radius 3 is 2.95 bits per heavy atom. The molecular formula is C16H28N4O. The Kier molecular flexibility index (Phi) is 6.39. The molecule has 21 heavy (non-hydrogen) atoms. The molecule has 0 aliphatic carbocycles. The van der Waals surface area contributed by atoms with Crippen molar-refractivity contribution < 1.29 is 4.74 Å². The first kappa shape index (κ1) is 16.2. The van der Waals surface area contributed by atoms with Crippen molar-refractivity contribution in [1.29, 1.82) is 0 Å². The molecule has 1 aromatic rings. The molecule has 1 fully saturated rings. The van der Waals surface area contributed by atoms with Gasteiger partial charge in [0.1, 0.15) is 5.82 Å². The van der Waals surface area contributed by atoms with Crippen LogP contribution in [0, 0.1) is 0 Å². The lowest BCUT2D eigenvalue weighted by atomic mass is 10.2. The summed E-state index contributed by atoms with van der Waals surface area (Å²) in [6.07, 6.45) is 4.19. The van der Waals surface area contributed by atoms with Gasteiger partial charge in [0.15, 0.2) is 0 Å². The van der Waals surface area contributed by atoms with Crippen LogP contribution >= 0.6 is 0 Å². The fourth-order valence-corrected chi connectivity index (χ4v) is 2.47. The zero-order valence-corrected chi connectivity index (χ0v) is 13.6. The summed E-state index contributed by atoms with van der Waals surface area (Å²) in [5, 5.41) is 3.46. The van der Waals surface area contributed by atoms with E-state index in [0.29, 0.717) is 5.92 Å². The van der Waals surface area contributed by atoms with Gasteiger partial charge in [-0.25, -0.2) is 9.97 Å². The Hall–Kier alpha value is -1.20. The van der Waals surface area contributed by atoms with Crippen LogP contribution < -0.4 is 10.2 Å². The minimum atomic E-state index is 0.358. The molecule has 2 rings (SSSR count). The number of nitrogens with one attached hydrogen (secondary N) is 1. The number of ether oxygens (including phenoxy) is 1. The monoisotopic (exact) mass is 292 g/mol. The van der Waals surface area contributed by atoms with Gasteiger partial charge in [-0.15, -0.1) is 0 Å². The van der Waals surface area contributed by atoms with Crippen molar-refractivity contribution in [3.05, 3.63) is 17.7 Å². The Balaban J connectivity index is 2.20. The van der Waals surface area contributed by atoms with Gasteiger partial charge in [0.05, 0.1) is 24.2 Å². The number of rotatable bonds is 6. The molecule has 0 bridgehead atoms. The normalized spacial score (nSPS) is 16.3. The first-order chi connectivity index (χ1) is 10.2. The molecule has 1 aliphatic rings. The number of aromatic nitrogens is 2. The molecule has 5 nitrogen and oxygen atoms in total. The van der Waals surface area contributed by atoms with E-state index >= 15 is 0 Å². The topological polar surface area (TPSA) is 50.3 Å². The van der Waals surface area contributed by atoms with Gasteiger partial charge in [-0.05, 0) is 19.4 Å². The van der Waals surface area contributed by atoms with Gasteiger partial charge in [-0.1, -0.05) is 20.8 Å². The second kappa shape index (κ2) is 8.29. The summed E-state index contributed by atoms with van der Waals surface area (Å²) >= 11 is 0. The molecule has 2 heterocycles. The van der Waals surface area contributed by atoms with Crippen molar-refractivity contribution in [3.63, 3.8) is 0 Å². The maximum Gasteiger partial charge on any atom is 0.131 e. The van der Waals surface area contributed by atoms with Crippen LogP contribution in [0.5, 0.6) is 0 Å². The molecule has 5 heteroatoms. The van der Waals surface area contributed by atoms with E-state index in [0.717, 1.165) is 69.4 Å². The van der Waals surface area contributed by atoms with Gasteiger partial charge < -0.3 is 15.0 Å². The maximum absolute atomic E-state index is 5.55. The van der Waals surface area contributed by atoms with E-state index in [-0.39, 0.29) is 0 Å². The molecule has 118 valence electrons. The fourth-order valence-electron chi connectivity index (χ4n) is 2.47. The number of nitrogens with zero attached hydrogens (tertiary/aromatic N) is 3. The van der Waals surface area contributed by atoms with Gasteiger partial charge in [0, 0.05) is 32.2 Å². The predicted molar refractivity (Wildman–Crippen MR) is 85.8 cm³/mol. The highest BCUT2D eigenvalue weighted by Crippen LogP contribution is 2.21. The minimum Gasteiger partial charge on any atom is -0.380 e. The van der Waals surface area contributed by atoms with Crippen molar-refractivity contribution in [2.75, 3.05) is 37.7 Å². The van der Waals surface area contributed by atoms with Crippen molar-refractivity contribution in [2.24, 2.45) is 0 Å². The van der Waals surface area contributed by atoms with Gasteiger partial charge in [-0.2, -0.15) is 0 Å². The second-order valence-electron chi connectivity index (χ2n) is 5.84. The Bertz CT molecular complexity index is 428. The van der Waals surface area contributed by atoms with Gasteiger partial charge in [0.2, 0.25) is 0 Å². The molecule has 0 amide bonds. The average Bonchev–Trinajstić information content (AvgIpc) is 2.76. The van der Waals surface area contributed by atoms with E-state index < -0.39 is 0 Å². The van der Waals surface area contributed by atoms with Crippen molar-refractivity contribution in [3.8, 4) is 0 Å². The summed E-state index contributed by atoms with van der Waals surface area (Å²) in [6, 6.07) is 0. The molecule has 0 aromatic carbocycles. The van der Waals surface area contributed by atoms with Gasteiger partial charge >= 0.3 is 0 Å². The molecule has 0 unspecified atom stereocenters. The van der Waals surface area contributed by atoms with E-state index in [9.17, 15) is 0 Å². The molecule has 1 aliphatic heterocycles. The van der Waals surface area contributed by atoms with Crippen LogP contribution in [0.15, 0.2) is 6.20 Å². The largest absolute Gasteiger partial charge is 0.380 e. The van der Waals surface area contributed by atoms with Crippen molar-refractivity contribution >= 4 is 5.69 Å². The summed E-state index contributed by atoms with van der Waals surface area (Å²) in [5.41, 5.74) is 2.28. The summed E-state index contributed by atoms with van der Waals surface area (Å²) in [4.78, 5) is 11.7. The van der Waals surface area contributed by atoms with E-state index in [1.807, 2.05) is 6.20 Å². The number of anilines is 1. The third-order valence-electron chi connectivity index (χ3n) is 3.66. The Morgan fingerprint density at radius 1 is 1.33 bits per heavy atom. The molecule has 1 saturated heterocycles. The summed E-state index contributed by atoms with van der Waals surface area (Å²) in [6.45, 7) is 11.9. The molecule has 0 radical (unpaired) electrons. The molecule has 1 aromatic heterocycles. The smallest absolute Gasteiger partial charge is 0.131 e. The first-order valence-electron chi connectivity index (χ1n) is 8.11. The Morgan fingerprint density at radius 2 is 2.19 bits per heavy atom. The highest BCUT2D eigenvalue weighted by atomic mass is 16.5. The van der Waals surface area contributed by atoms with Gasteiger partial charge in [0.25, 0.3) is 0 Å². The van der Waals surface area contributed by atoms with E-state index in [2.05, 4.69) is 36.0 Å². The quantitative estimate of drug-likeness (QED) is 0.816. The lowest BCUT2D eigenvalue weighted by molar-refractivity contribution is 0.152. The third kappa shape index (κ3) is 4.64. The van der Waals surface area contributed by atoms with Crippen molar-refractivity contribution in [1.82, 2.24) is 15.3 Å². The molecule has 0 saturated carbocycles. The van der Waals surface area contributed by atoms with Crippen LogP contribution in [0.1, 0.15) is 51.0 Å². The zero-order chi connectivity index (χ0) is 15.1. The van der Waals surface area contributed by atoms with Gasteiger partial charge in [-0.3, -0.25) is 0 Å². The highest BCUT2D eigenvalue weighted by molar-refractivity contribution is 5.49. The van der Waals surface area contributed by atoms with E-state index in [4.69, 9.17) is 9.72 Å².